The van der Waals surface area contributed by atoms with Gasteiger partial charge in [0.25, 0.3) is 5.91 Å². The lowest BCUT2D eigenvalue weighted by atomic mass is 9.86. The van der Waals surface area contributed by atoms with Gasteiger partial charge in [-0.1, -0.05) is 35.3 Å². The van der Waals surface area contributed by atoms with Crippen LogP contribution in [0.1, 0.15) is 34.7 Å². The highest BCUT2D eigenvalue weighted by atomic mass is 35.5. The quantitative estimate of drug-likeness (QED) is 0.689. The molecule has 2 atom stereocenters. The Morgan fingerprint density at radius 2 is 1.97 bits per heavy atom. The first-order chi connectivity index (χ1) is 14.0. The Morgan fingerprint density at radius 1 is 1.14 bits per heavy atom. The average Bonchev–Trinajstić information content (AvgIpc) is 2.74. The molecule has 29 heavy (non-hydrogen) atoms. The molecule has 0 radical (unpaired) electrons. The summed E-state index contributed by atoms with van der Waals surface area (Å²) >= 11 is 12.3. The molecule has 2 aromatic rings. The average molecular weight is 437 g/mol. The highest BCUT2D eigenvalue weighted by Crippen LogP contribution is 2.34. The van der Waals surface area contributed by atoms with Crippen molar-refractivity contribution in [1.82, 2.24) is 9.80 Å². The molecule has 2 saturated heterocycles. The highest BCUT2D eigenvalue weighted by molar-refractivity contribution is 6.35. The molecule has 2 aliphatic heterocycles. The fraction of sp³-hybridized carbons (Fsp3) is 0.409. The number of amides is 1. The molecule has 2 aliphatic rings. The van der Waals surface area contributed by atoms with E-state index in [1.54, 1.807) is 31.4 Å². The molecular weight excluding hydrogens is 414 g/mol. The summed E-state index contributed by atoms with van der Waals surface area (Å²) in [7, 11) is 1.54. The van der Waals surface area contributed by atoms with Gasteiger partial charge in [0.15, 0.2) is 0 Å². The molecule has 2 heterocycles. The monoisotopic (exact) mass is 436 g/mol. The molecule has 0 aromatic heterocycles. The number of methoxy groups -OCH3 is 1. The van der Waals surface area contributed by atoms with E-state index < -0.39 is 0 Å². The molecular formula is C22H23Cl2FN2O2. The van der Waals surface area contributed by atoms with Crippen LogP contribution in [0.3, 0.4) is 0 Å². The van der Waals surface area contributed by atoms with Gasteiger partial charge >= 0.3 is 0 Å². The predicted octanol–water partition coefficient (Wildman–Crippen LogP) is 4.85. The smallest absolute Gasteiger partial charge is 0.255 e. The summed E-state index contributed by atoms with van der Waals surface area (Å²) in [5, 5.41) is 0.537. The van der Waals surface area contributed by atoms with Gasteiger partial charge in [0, 0.05) is 32.2 Å². The Kier molecular flexibility index (Phi) is 6.00. The van der Waals surface area contributed by atoms with Gasteiger partial charge in [0.2, 0.25) is 0 Å². The number of halogens is 3. The van der Waals surface area contributed by atoms with Crippen molar-refractivity contribution in [3.05, 3.63) is 63.4 Å². The second-order valence-electron chi connectivity index (χ2n) is 7.67. The van der Waals surface area contributed by atoms with Crippen LogP contribution < -0.4 is 4.74 Å². The van der Waals surface area contributed by atoms with Gasteiger partial charge in [0.05, 0.1) is 22.7 Å². The lowest BCUT2D eigenvalue weighted by Crippen LogP contribution is -2.57. The molecule has 4 rings (SSSR count). The summed E-state index contributed by atoms with van der Waals surface area (Å²) < 4.78 is 18.7. The molecule has 0 N–H and O–H groups in total. The molecule has 0 unspecified atom stereocenters. The van der Waals surface area contributed by atoms with Crippen molar-refractivity contribution in [2.75, 3.05) is 33.3 Å². The summed E-state index contributed by atoms with van der Waals surface area (Å²) in [6, 6.07) is 10.6. The van der Waals surface area contributed by atoms with Gasteiger partial charge < -0.3 is 9.64 Å². The Hall–Kier alpha value is -1.82. The molecule has 4 nitrogen and oxygen atoms in total. The van der Waals surface area contributed by atoms with Crippen LogP contribution in [0.5, 0.6) is 5.75 Å². The third kappa shape index (κ3) is 4.09. The van der Waals surface area contributed by atoms with E-state index in [-0.39, 0.29) is 16.7 Å². The Labute approximate surface area is 180 Å². The number of piperazine rings is 1. The number of hydrogen-bond donors (Lipinski definition) is 0. The van der Waals surface area contributed by atoms with E-state index in [0.717, 1.165) is 31.5 Å². The van der Waals surface area contributed by atoms with Crippen LogP contribution in [0.2, 0.25) is 10.0 Å². The van der Waals surface area contributed by atoms with Gasteiger partial charge in [-0.2, -0.15) is 0 Å². The molecule has 0 saturated carbocycles. The van der Waals surface area contributed by atoms with Gasteiger partial charge in [-0.15, -0.1) is 0 Å². The van der Waals surface area contributed by atoms with Gasteiger partial charge in [-0.25, -0.2) is 4.39 Å². The molecule has 154 valence electrons. The lowest BCUT2D eigenvalue weighted by molar-refractivity contribution is 0.0329. The number of fused-ring (bicyclic) bond motifs is 1. The van der Waals surface area contributed by atoms with Crippen molar-refractivity contribution in [3.63, 3.8) is 0 Å². The number of carbonyl (C=O) groups is 1. The third-order valence-corrected chi connectivity index (χ3v) is 6.70. The minimum atomic E-state index is -0.382. The maximum absolute atomic E-state index is 13.5. The number of ether oxygens (including phenoxy) is 1. The molecule has 7 heteroatoms. The summed E-state index contributed by atoms with van der Waals surface area (Å²) in [5.74, 6) is 0.405. The van der Waals surface area contributed by atoms with Crippen molar-refractivity contribution in [3.8, 4) is 5.75 Å². The van der Waals surface area contributed by atoms with E-state index in [2.05, 4.69) is 4.90 Å². The van der Waals surface area contributed by atoms with Crippen molar-refractivity contribution in [2.24, 2.45) is 0 Å². The van der Waals surface area contributed by atoms with Crippen LogP contribution in [0.15, 0.2) is 36.4 Å². The zero-order chi connectivity index (χ0) is 20.5. The second kappa shape index (κ2) is 8.50. The summed E-state index contributed by atoms with van der Waals surface area (Å²) in [6.07, 6.45) is 1.97. The van der Waals surface area contributed by atoms with E-state index >= 15 is 0 Å². The lowest BCUT2D eigenvalue weighted by Gasteiger charge is -2.46. The summed E-state index contributed by atoms with van der Waals surface area (Å²) in [6.45, 7) is 3.04. The molecule has 2 fully saturated rings. The SMILES string of the molecule is COc1cccc(C(=O)N2CCN3C[C@@H](c4ccc(F)c(Cl)c4)CC[C@@H]3C2)c1Cl. The first-order valence-corrected chi connectivity index (χ1v) is 10.5. The van der Waals surface area contributed by atoms with E-state index in [1.807, 2.05) is 11.0 Å². The first-order valence-electron chi connectivity index (χ1n) is 9.78. The first kappa shape index (κ1) is 20.5. The van der Waals surface area contributed by atoms with E-state index in [1.165, 1.54) is 6.07 Å². The zero-order valence-corrected chi connectivity index (χ0v) is 17.7. The number of piperidine rings is 1. The van der Waals surface area contributed by atoms with Gasteiger partial charge in [-0.3, -0.25) is 9.69 Å². The normalized spacial score (nSPS) is 22.3. The highest BCUT2D eigenvalue weighted by Gasteiger charge is 2.35. The maximum atomic E-state index is 13.5. The second-order valence-corrected chi connectivity index (χ2v) is 8.45. The topological polar surface area (TPSA) is 32.8 Å². The molecule has 1 amide bonds. The summed E-state index contributed by atoms with van der Waals surface area (Å²) in [4.78, 5) is 17.4. The standard InChI is InChI=1S/C22H23Cl2FN2O2/c1-29-20-4-2-3-17(21(20)24)22(28)27-10-9-26-12-15(5-7-16(26)13-27)14-6-8-19(25)18(23)11-14/h2-4,6,8,11,15-16H,5,7,9-10,12-13H2,1H3/t15-,16+/m0/s1. The van der Waals surface area contributed by atoms with Crippen molar-refractivity contribution in [1.29, 1.82) is 0 Å². The van der Waals surface area contributed by atoms with Crippen LogP contribution >= 0.6 is 23.2 Å². The third-order valence-electron chi connectivity index (χ3n) is 6.02. The maximum Gasteiger partial charge on any atom is 0.255 e. The van der Waals surface area contributed by atoms with Crippen LogP contribution in [-0.2, 0) is 0 Å². The van der Waals surface area contributed by atoms with Crippen LogP contribution in [-0.4, -0.2) is 55.0 Å². The Balaban J connectivity index is 1.43. The Bertz CT molecular complexity index is 924. The number of hydrogen-bond acceptors (Lipinski definition) is 3. The van der Waals surface area contributed by atoms with E-state index in [0.29, 0.717) is 41.4 Å². The molecule has 0 spiro atoms. The van der Waals surface area contributed by atoms with Gasteiger partial charge in [-0.05, 0) is 48.6 Å². The fourth-order valence-electron chi connectivity index (χ4n) is 4.40. The minimum absolute atomic E-state index is 0.0546. The minimum Gasteiger partial charge on any atom is -0.495 e. The molecule has 2 aromatic carbocycles. The fourth-order valence-corrected chi connectivity index (χ4v) is 4.87. The largest absolute Gasteiger partial charge is 0.495 e. The number of carbonyl (C=O) groups excluding carboxylic acids is 1. The molecule has 0 aliphatic carbocycles. The van der Waals surface area contributed by atoms with Crippen LogP contribution in [0.25, 0.3) is 0 Å². The predicted molar refractivity (Wildman–Crippen MR) is 113 cm³/mol. The Morgan fingerprint density at radius 3 is 2.72 bits per heavy atom. The number of rotatable bonds is 3. The van der Waals surface area contributed by atoms with Crippen molar-refractivity contribution < 1.29 is 13.9 Å². The summed E-state index contributed by atoms with van der Waals surface area (Å²) in [5.41, 5.74) is 1.56. The number of benzene rings is 2. The number of nitrogens with zero attached hydrogens (tertiary/aromatic N) is 2. The van der Waals surface area contributed by atoms with Gasteiger partial charge in [0.1, 0.15) is 11.6 Å². The van der Waals surface area contributed by atoms with E-state index in [9.17, 15) is 9.18 Å². The molecule has 0 bridgehead atoms. The zero-order valence-electron chi connectivity index (χ0n) is 16.2. The van der Waals surface area contributed by atoms with E-state index in [4.69, 9.17) is 27.9 Å². The van der Waals surface area contributed by atoms with Crippen LogP contribution in [0, 0.1) is 5.82 Å². The van der Waals surface area contributed by atoms with Crippen molar-refractivity contribution >= 4 is 29.1 Å². The van der Waals surface area contributed by atoms with Crippen molar-refractivity contribution in [2.45, 2.75) is 24.8 Å². The van der Waals surface area contributed by atoms with Crippen LogP contribution in [0.4, 0.5) is 4.39 Å².